The Hall–Kier alpha value is -3.21. The first kappa shape index (κ1) is 19.1. The van der Waals surface area contributed by atoms with Crippen LogP contribution in [0.25, 0.3) is 17.2 Å². The Kier molecular flexibility index (Phi) is 5.30. The van der Waals surface area contributed by atoms with Gasteiger partial charge in [0, 0.05) is 24.5 Å². The second kappa shape index (κ2) is 8.03. The van der Waals surface area contributed by atoms with Crippen LogP contribution in [0.3, 0.4) is 0 Å². The fraction of sp³-hybridized carbons (Fsp3) is 0.167. The Balaban J connectivity index is 1.65. The van der Waals surface area contributed by atoms with Crippen molar-refractivity contribution >= 4 is 11.8 Å². The van der Waals surface area contributed by atoms with Gasteiger partial charge in [-0.1, -0.05) is 30.3 Å². The lowest BCUT2D eigenvalue weighted by Gasteiger charge is -2.16. The molecule has 2 heterocycles. The molecule has 1 aliphatic rings. The highest BCUT2D eigenvalue weighted by Crippen LogP contribution is 2.31. The summed E-state index contributed by atoms with van der Waals surface area (Å²) < 4.78 is 38.4. The summed E-state index contributed by atoms with van der Waals surface area (Å²) in [5.74, 6) is 0. The van der Waals surface area contributed by atoms with Gasteiger partial charge < -0.3 is 0 Å². The monoisotopic (exact) mass is 392 g/mol. The highest BCUT2D eigenvalue weighted by atomic mass is 19.4. The molecule has 5 heteroatoms. The standard InChI is InChI=1S/C24H19F3N2/c25-24(26,27)22-10-8-18(9-11-22)19-5-1-4-17(14-19)15-20-6-3-13-29-23(20)21-7-2-12-28-16-21/h1-2,4-5,7-12,14-16H,3,6,13H2. The minimum absolute atomic E-state index is 0.640. The zero-order valence-electron chi connectivity index (χ0n) is 15.7. The lowest BCUT2D eigenvalue weighted by Crippen LogP contribution is -2.11. The molecule has 1 aromatic heterocycles. The van der Waals surface area contributed by atoms with Crippen LogP contribution in [0.15, 0.2) is 83.6 Å². The van der Waals surface area contributed by atoms with E-state index >= 15 is 0 Å². The van der Waals surface area contributed by atoms with Crippen LogP contribution < -0.4 is 0 Å². The summed E-state index contributed by atoms with van der Waals surface area (Å²) in [7, 11) is 0. The Morgan fingerprint density at radius 2 is 1.66 bits per heavy atom. The van der Waals surface area contributed by atoms with Gasteiger partial charge >= 0.3 is 6.18 Å². The summed E-state index contributed by atoms with van der Waals surface area (Å²) >= 11 is 0. The topological polar surface area (TPSA) is 25.2 Å². The molecule has 0 radical (unpaired) electrons. The van der Waals surface area contributed by atoms with E-state index in [1.807, 2.05) is 42.6 Å². The fourth-order valence-electron chi connectivity index (χ4n) is 3.46. The first-order valence-corrected chi connectivity index (χ1v) is 9.44. The summed E-state index contributed by atoms with van der Waals surface area (Å²) in [4.78, 5) is 8.88. The van der Waals surface area contributed by atoms with Crippen LogP contribution in [0.1, 0.15) is 29.5 Å². The molecule has 0 atom stereocenters. The maximum absolute atomic E-state index is 12.8. The van der Waals surface area contributed by atoms with Gasteiger partial charge in [-0.3, -0.25) is 9.98 Å². The van der Waals surface area contributed by atoms with Gasteiger partial charge in [0.05, 0.1) is 11.3 Å². The summed E-state index contributed by atoms with van der Waals surface area (Å²) in [6, 6.07) is 17.0. The zero-order valence-corrected chi connectivity index (χ0v) is 15.7. The SMILES string of the molecule is FC(F)(F)c1ccc(-c2cccc(C=C3CCCN=C3c3cccnc3)c2)cc1. The molecule has 4 rings (SSSR count). The normalized spacial score (nSPS) is 16.0. The first-order valence-electron chi connectivity index (χ1n) is 9.44. The number of pyridine rings is 1. The van der Waals surface area contributed by atoms with Crippen molar-refractivity contribution < 1.29 is 13.2 Å². The second-order valence-electron chi connectivity index (χ2n) is 6.95. The highest BCUT2D eigenvalue weighted by molar-refractivity contribution is 6.15. The molecule has 0 saturated heterocycles. The van der Waals surface area contributed by atoms with Crippen LogP contribution in [-0.2, 0) is 6.18 Å². The van der Waals surface area contributed by atoms with E-state index in [2.05, 4.69) is 11.1 Å². The van der Waals surface area contributed by atoms with Crippen LogP contribution in [-0.4, -0.2) is 17.2 Å². The summed E-state index contributed by atoms with van der Waals surface area (Å²) in [5.41, 5.74) is 5.09. The van der Waals surface area contributed by atoms with Gasteiger partial charge in [0.25, 0.3) is 0 Å². The molecule has 0 N–H and O–H groups in total. The number of allylic oxidation sites excluding steroid dienone is 1. The molecule has 146 valence electrons. The molecular weight excluding hydrogens is 373 g/mol. The number of hydrogen-bond donors (Lipinski definition) is 0. The molecular formula is C24H19F3N2. The van der Waals surface area contributed by atoms with Gasteiger partial charge in [-0.15, -0.1) is 0 Å². The molecule has 0 unspecified atom stereocenters. The molecule has 0 saturated carbocycles. The average molecular weight is 392 g/mol. The van der Waals surface area contributed by atoms with Crippen molar-refractivity contribution in [1.29, 1.82) is 0 Å². The van der Waals surface area contributed by atoms with Crippen molar-refractivity contribution in [3.63, 3.8) is 0 Å². The van der Waals surface area contributed by atoms with Crippen molar-refractivity contribution in [2.45, 2.75) is 19.0 Å². The molecule has 0 spiro atoms. The summed E-state index contributed by atoms with van der Waals surface area (Å²) in [6.07, 6.45) is 3.26. The van der Waals surface area contributed by atoms with Crippen molar-refractivity contribution in [2.75, 3.05) is 6.54 Å². The van der Waals surface area contributed by atoms with Crippen molar-refractivity contribution in [3.05, 3.63) is 95.3 Å². The van der Waals surface area contributed by atoms with E-state index in [9.17, 15) is 13.2 Å². The fourth-order valence-corrected chi connectivity index (χ4v) is 3.46. The molecule has 0 fully saturated rings. The predicted molar refractivity (Wildman–Crippen MR) is 110 cm³/mol. The molecule has 0 bridgehead atoms. The third-order valence-electron chi connectivity index (χ3n) is 4.89. The number of hydrogen-bond acceptors (Lipinski definition) is 2. The van der Waals surface area contributed by atoms with Gasteiger partial charge in [0.2, 0.25) is 0 Å². The Morgan fingerprint density at radius 1 is 0.862 bits per heavy atom. The molecule has 1 aliphatic heterocycles. The second-order valence-corrected chi connectivity index (χ2v) is 6.95. The molecule has 0 aliphatic carbocycles. The van der Waals surface area contributed by atoms with E-state index in [-0.39, 0.29) is 0 Å². The minimum Gasteiger partial charge on any atom is -0.284 e. The number of benzene rings is 2. The van der Waals surface area contributed by atoms with Crippen LogP contribution in [0, 0.1) is 0 Å². The van der Waals surface area contributed by atoms with Crippen LogP contribution in [0.5, 0.6) is 0 Å². The molecule has 29 heavy (non-hydrogen) atoms. The molecule has 2 nitrogen and oxygen atoms in total. The Morgan fingerprint density at radius 3 is 2.38 bits per heavy atom. The van der Waals surface area contributed by atoms with Gasteiger partial charge in [0.1, 0.15) is 0 Å². The molecule has 2 aromatic carbocycles. The molecule has 3 aromatic rings. The first-order chi connectivity index (χ1) is 14.0. The van der Waals surface area contributed by atoms with Gasteiger partial charge in [0.15, 0.2) is 0 Å². The average Bonchev–Trinajstić information content (AvgIpc) is 2.74. The summed E-state index contributed by atoms with van der Waals surface area (Å²) in [5, 5.41) is 0. The van der Waals surface area contributed by atoms with Gasteiger partial charge in [-0.2, -0.15) is 13.2 Å². The van der Waals surface area contributed by atoms with E-state index in [4.69, 9.17) is 4.99 Å². The van der Waals surface area contributed by atoms with Crippen molar-refractivity contribution in [3.8, 4) is 11.1 Å². The summed E-state index contributed by atoms with van der Waals surface area (Å²) in [6.45, 7) is 0.799. The number of halogens is 3. The largest absolute Gasteiger partial charge is 0.416 e. The van der Waals surface area contributed by atoms with Crippen molar-refractivity contribution in [1.82, 2.24) is 4.98 Å². The quantitative estimate of drug-likeness (QED) is 0.504. The number of nitrogens with zero attached hydrogens (tertiary/aromatic N) is 2. The van der Waals surface area contributed by atoms with E-state index in [1.54, 1.807) is 6.20 Å². The number of aliphatic imine (C=N–C) groups is 1. The molecule has 0 amide bonds. The van der Waals surface area contributed by atoms with E-state index in [0.717, 1.165) is 65.1 Å². The smallest absolute Gasteiger partial charge is 0.284 e. The van der Waals surface area contributed by atoms with E-state index < -0.39 is 11.7 Å². The van der Waals surface area contributed by atoms with Crippen LogP contribution in [0.4, 0.5) is 13.2 Å². The van der Waals surface area contributed by atoms with Gasteiger partial charge in [-0.25, -0.2) is 0 Å². The maximum atomic E-state index is 12.8. The zero-order chi connectivity index (χ0) is 20.3. The van der Waals surface area contributed by atoms with Crippen LogP contribution in [0.2, 0.25) is 0 Å². The number of rotatable bonds is 3. The van der Waals surface area contributed by atoms with Crippen LogP contribution >= 0.6 is 0 Å². The van der Waals surface area contributed by atoms with Crippen molar-refractivity contribution in [2.24, 2.45) is 4.99 Å². The van der Waals surface area contributed by atoms with Gasteiger partial charge in [-0.05, 0) is 71.5 Å². The Labute approximate surface area is 167 Å². The predicted octanol–water partition coefficient (Wildman–Crippen LogP) is 6.43. The Bertz CT molecular complexity index is 1050. The highest BCUT2D eigenvalue weighted by Gasteiger charge is 2.29. The third-order valence-corrected chi connectivity index (χ3v) is 4.89. The van der Waals surface area contributed by atoms with E-state index in [1.165, 1.54) is 12.1 Å². The minimum atomic E-state index is -4.33. The maximum Gasteiger partial charge on any atom is 0.416 e. The van der Waals surface area contributed by atoms with E-state index in [0.29, 0.717) is 0 Å². The lowest BCUT2D eigenvalue weighted by atomic mass is 9.94. The number of alkyl halides is 3. The lowest BCUT2D eigenvalue weighted by molar-refractivity contribution is -0.137. The third kappa shape index (κ3) is 4.45. The number of aromatic nitrogens is 1.